The Bertz CT molecular complexity index is 599. The highest BCUT2D eigenvalue weighted by Crippen LogP contribution is 2.25. The topological polar surface area (TPSA) is 43.4 Å². The third-order valence-electron chi connectivity index (χ3n) is 3.44. The molecule has 20 heavy (non-hydrogen) atoms. The molecule has 3 rings (SSSR count). The fraction of sp³-hybridized carbons (Fsp3) is 0.312. The zero-order valence-corrected chi connectivity index (χ0v) is 11.6. The lowest BCUT2D eigenvalue weighted by Crippen LogP contribution is -2.13. The van der Waals surface area contributed by atoms with Gasteiger partial charge in [0, 0.05) is 31.3 Å². The van der Waals surface area contributed by atoms with Gasteiger partial charge in [-0.05, 0) is 23.3 Å². The van der Waals surface area contributed by atoms with Crippen molar-refractivity contribution in [1.82, 2.24) is 10.3 Å². The first-order valence-electron chi connectivity index (χ1n) is 6.80. The highest BCUT2D eigenvalue weighted by molar-refractivity contribution is 5.39. The summed E-state index contributed by atoms with van der Waals surface area (Å²) in [6.45, 7) is 2.37. The van der Waals surface area contributed by atoms with Crippen LogP contribution in [-0.4, -0.2) is 18.7 Å². The second-order valence-corrected chi connectivity index (χ2v) is 4.82. The van der Waals surface area contributed by atoms with Gasteiger partial charge >= 0.3 is 0 Å². The number of nitrogens with zero attached hydrogens (tertiary/aromatic N) is 1. The van der Waals surface area contributed by atoms with Gasteiger partial charge in [-0.15, -0.1) is 0 Å². The van der Waals surface area contributed by atoms with Gasteiger partial charge in [-0.2, -0.15) is 0 Å². The first-order valence-corrected chi connectivity index (χ1v) is 6.80. The Morgan fingerprint density at radius 1 is 1.30 bits per heavy atom. The van der Waals surface area contributed by atoms with E-state index in [1.54, 1.807) is 13.3 Å². The molecule has 0 aliphatic carbocycles. The van der Waals surface area contributed by atoms with E-state index in [0.29, 0.717) is 5.88 Å². The summed E-state index contributed by atoms with van der Waals surface area (Å²) >= 11 is 0. The summed E-state index contributed by atoms with van der Waals surface area (Å²) in [5.41, 5.74) is 3.65. The van der Waals surface area contributed by atoms with Gasteiger partial charge in [0.2, 0.25) is 5.88 Å². The Kier molecular flexibility index (Phi) is 3.83. The van der Waals surface area contributed by atoms with E-state index >= 15 is 0 Å². The van der Waals surface area contributed by atoms with Crippen molar-refractivity contribution in [3.05, 3.63) is 53.2 Å². The number of rotatable bonds is 5. The minimum Gasteiger partial charge on any atom is -0.493 e. The molecule has 0 amide bonds. The molecule has 0 spiro atoms. The predicted octanol–water partition coefficient (Wildman–Crippen LogP) is 2.31. The summed E-state index contributed by atoms with van der Waals surface area (Å²) in [7, 11) is 1.65. The summed E-state index contributed by atoms with van der Waals surface area (Å²) in [4.78, 5) is 4.19. The van der Waals surface area contributed by atoms with Gasteiger partial charge in [0.1, 0.15) is 5.75 Å². The standard InChI is InChI=1S/C16H18N2O2/c1-19-16-14(3-2-7-18-16)11-17-10-12-4-5-15-13(9-12)6-8-20-15/h2-5,7,9,17H,6,8,10-11H2,1H3. The monoisotopic (exact) mass is 270 g/mol. The molecule has 1 aromatic heterocycles. The number of nitrogens with one attached hydrogen (secondary N) is 1. The van der Waals surface area contributed by atoms with Crippen LogP contribution in [0.5, 0.6) is 11.6 Å². The van der Waals surface area contributed by atoms with Crippen LogP contribution in [0, 0.1) is 0 Å². The van der Waals surface area contributed by atoms with Crippen LogP contribution < -0.4 is 14.8 Å². The van der Waals surface area contributed by atoms with Crippen molar-refractivity contribution in [1.29, 1.82) is 0 Å². The molecule has 0 saturated carbocycles. The molecule has 1 N–H and O–H groups in total. The van der Waals surface area contributed by atoms with Crippen LogP contribution in [0.3, 0.4) is 0 Å². The first-order chi connectivity index (χ1) is 9.86. The number of methoxy groups -OCH3 is 1. The van der Waals surface area contributed by atoms with Crippen molar-refractivity contribution in [2.45, 2.75) is 19.5 Å². The second-order valence-electron chi connectivity index (χ2n) is 4.82. The van der Waals surface area contributed by atoms with Crippen LogP contribution in [0.1, 0.15) is 16.7 Å². The second kappa shape index (κ2) is 5.92. The maximum absolute atomic E-state index is 5.51. The predicted molar refractivity (Wildman–Crippen MR) is 77.0 cm³/mol. The van der Waals surface area contributed by atoms with Crippen molar-refractivity contribution in [2.24, 2.45) is 0 Å². The van der Waals surface area contributed by atoms with Gasteiger partial charge in [0.05, 0.1) is 13.7 Å². The van der Waals surface area contributed by atoms with E-state index in [0.717, 1.165) is 37.4 Å². The number of benzene rings is 1. The molecule has 1 aliphatic rings. The lowest BCUT2D eigenvalue weighted by molar-refractivity contribution is 0.357. The molecular weight excluding hydrogens is 252 g/mol. The third-order valence-corrected chi connectivity index (χ3v) is 3.44. The first kappa shape index (κ1) is 12.9. The Morgan fingerprint density at radius 3 is 3.15 bits per heavy atom. The summed E-state index contributed by atoms with van der Waals surface area (Å²) in [6, 6.07) is 10.3. The van der Waals surface area contributed by atoms with Crippen LogP contribution in [0.15, 0.2) is 36.5 Å². The summed E-state index contributed by atoms with van der Waals surface area (Å²) in [5, 5.41) is 3.42. The molecule has 0 saturated heterocycles. The van der Waals surface area contributed by atoms with E-state index in [2.05, 4.69) is 28.5 Å². The average molecular weight is 270 g/mol. The van der Waals surface area contributed by atoms with Crippen molar-refractivity contribution in [3.8, 4) is 11.6 Å². The highest BCUT2D eigenvalue weighted by Gasteiger charge is 2.11. The Hall–Kier alpha value is -2.07. The Morgan fingerprint density at radius 2 is 2.25 bits per heavy atom. The molecule has 1 aliphatic heterocycles. The molecule has 2 aromatic rings. The van der Waals surface area contributed by atoms with Crippen molar-refractivity contribution in [2.75, 3.05) is 13.7 Å². The molecule has 0 bridgehead atoms. The van der Waals surface area contributed by atoms with Crippen LogP contribution in [0.2, 0.25) is 0 Å². The molecule has 1 aromatic carbocycles. The molecule has 0 radical (unpaired) electrons. The highest BCUT2D eigenvalue weighted by atomic mass is 16.5. The zero-order valence-electron chi connectivity index (χ0n) is 11.6. The lowest BCUT2D eigenvalue weighted by Gasteiger charge is -2.09. The van der Waals surface area contributed by atoms with E-state index in [4.69, 9.17) is 9.47 Å². The normalized spacial score (nSPS) is 12.8. The number of hydrogen-bond donors (Lipinski definition) is 1. The van der Waals surface area contributed by atoms with Crippen molar-refractivity contribution in [3.63, 3.8) is 0 Å². The van der Waals surface area contributed by atoms with E-state index in [9.17, 15) is 0 Å². The summed E-state index contributed by atoms with van der Waals surface area (Å²) in [5.74, 6) is 1.71. The van der Waals surface area contributed by atoms with E-state index in [1.165, 1.54) is 11.1 Å². The maximum atomic E-state index is 5.51. The molecule has 4 heteroatoms. The number of aromatic nitrogens is 1. The van der Waals surface area contributed by atoms with E-state index < -0.39 is 0 Å². The Labute approximate surface area is 118 Å². The smallest absolute Gasteiger partial charge is 0.217 e. The minimum absolute atomic E-state index is 0.683. The van der Waals surface area contributed by atoms with Crippen LogP contribution >= 0.6 is 0 Å². The number of pyridine rings is 1. The fourth-order valence-electron chi connectivity index (χ4n) is 2.43. The number of hydrogen-bond acceptors (Lipinski definition) is 4. The molecule has 4 nitrogen and oxygen atoms in total. The van der Waals surface area contributed by atoms with E-state index in [-0.39, 0.29) is 0 Å². The van der Waals surface area contributed by atoms with Gasteiger partial charge in [0.15, 0.2) is 0 Å². The molecular formula is C16H18N2O2. The summed E-state index contributed by atoms with van der Waals surface area (Å²) in [6.07, 6.45) is 2.75. The third kappa shape index (κ3) is 2.75. The molecule has 0 fully saturated rings. The fourth-order valence-corrected chi connectivity index (χ4v) is 2.43. The lowest BCUT2D eigenvalue weighted by atomic mass is 10.1. The average Bonchev–Trinajstić information content (AvgIpc) is 2.95. The zero-order chi connectivity index (χ0) is 13.8. The Balaban J connectivity index is 1.60. The van der Waals surface area contributed by atoms with Gasteiger partial charge in [-0.3, -0.25) is 0 Å². The number of ether oxygens (including phenoxy) is 2. The van der Waals surface area contributed by atoms with Crippen molar-refractivity contribution < 1.29 is 9.47 Å². The van der Waals surface area contributed by atoms with Gasteiger partial charge < -0.3 is 14.8 Å². The minimum atomic E-state index is 0.683. The molecule has 0 atom stereocenters. The molecule has 2 heterocycles. The number of fused-ring (bicyclic) bond motifs is 1. The molecule has 0 unspecified atom stereocenters. The molecule has 104 valence electrons. The largest absolute Gasteiger partial charge is 0.493 e. The van der Waals surface area contributed by atoms with Crippen LogP contribution in [-0.2, 0) is 19.5 Å². The quantitative estimate of drug-likeness (QED) is 0.905. The van der Waals surface area contributed by atoms with E-state index in [1.807, 2.05) is 12.1 Å². The van der Waals surface area contributed by atoms with Crippen LogP contribution in [0.25, 0.3) is 0 Å². The summed E-state index contributed by atoms with van der Waals surface area (Å²) < 4.78 is 10.8. The van der Waals surface area contributed by atoms with Crippen molar-refractivity contribution >= 4 is 0 Å². The SMILES string of the molecule is COc1ncccc1CNCc1ccc2c(c1)CCO2. The van der Waals surface area contributed by atoms with Gasteiger partial charge in [0.25, 0.3) is 0 Å². The maximum Gasteiger partial charge on any atom is 0.217 e. The van der Waals surface area contributed by atoms with Gasteiger partial charge in [-0.1, -0.05) is 18.2 Å². The van der Waals surface area contributed by atoms with Crippen LogP contribution in [0.4, 0.5) is 0 Å². The van der Waals surface area contributed by atoms with Gasteiger partial charge in [-0.25, -0.2) is 4.98 Å².